The van der Waals surface area contributed by atoms with Gasteiger partial charge in [0, 0.05) is 24.7 Å². The lowest BCUT2D eigenvalue weighted by Gasteiger charge is -2.57. The van der Waals surface area contributed by atoms with Crippen molar-refractivity contribution < 1.29 is 24.4 Å². The standard InChI is InChI=1S/C17H24O5/c18-15(19)12-1-3-16(4-2-12)20-17(22-21-16)13-6-10-5-11(8-13)9-14(17)7-10/h10-14H,1-9H2,(H,18,19). The second-order valence-corrected chi connectivity index (χ2v) is 8.32. The van der Waals surface area contributed by atoms with E-state index in [-0.39, 0.29) is 5.92 Å². The number of hydrogen-bond acceptors (Lipinski definition) is 4. The van der Waals surface area contributed by atoms with Gasteiger partial charge in [0.15, 0.2) is 0 Å². The third-order valence-electron chi connectivity index (χ3n) is 7.04. The fourth-order valence-corrected chi connectivity index (χ4v) is 6.10. The van der Waals surface area contributed by atoms with Crippen molar-refractivity contribution >= 4 is 5.97 Å². The number of carbonyl (C=O) groups is 1. The summed E-state index contributed by atoms with van der Waals surface area (Å²) in [4.78, 5) is 22.9. The van der Waals surface area contributed by atoms with Gasteiger partial charge in [-0.2, -0.15) is 9.78 Å². The average Bonchev–Trinajstić information content (AvgIpc) is 2.85. The van der Waals surface area contributed by atoms with Gasteiger partial charge in [-0.1, -0.05) is 0 Å². The molecule has 1 N–H and O–H groups in total. The molecule has 5 nitrogen and oxygen atoms in total. The summed E-state index contributed by atoms with van der Waals surface area (Å²) < 4.78 is 6.54. The molecular formula is C17H24O5. The first-order valence-corrected chi connectivity index (χ1v) is 8.88. The molecule has 1 heterocycles. The summed E-state index contributed by atoms with van der Waals surface area (Å²) in [5.41, 5.74) is 0. The molecule has 5 saturated carbocycles. The minimum Gasteiger partial charge on any atom is -0.481 e. The third-order valence-corrected chi connectivity index (χ3v) is 7.04. The molecule has 0 aromatic heterocycles. The Kier molecular flexibility index (Phi) is 2.79. The van der Waals surface area contributed by atoms with Crippen molar-refractivity contribution in [1.29, 1.82) is 0 Å². The summed E-state index contributed by atoms with van der Waals surface area (Å²) >= 11 is 0. The largest absolute Gasteiger partial charge is 0.481 e. The zero-order valence-corrected chi connectivity index (χ0v) is 12.8. The highest BCUT2D eigenvalue weighted by atomic mass is 17.3. The molecule has 1 saturated heterocycles. The zero-order valence-electron chi connectivity index (χ0n) is 12.8. The van der Waals surface area contributed by atoms with Crippen molar-refractivity contribution in [2.45, 2.75) is 69.4 Å². The Morgan fingerprint density at radius 1 is 0.909 bits per heavy atom. The van der Waals surface area contributed by atoms with Crippen LogP contribution in [-0.2, 0) is 19.3 Å². The van der Waals surface area contributed by atoms with Crippen LogP contribution < -0.4 is 0 Å². The Balaban J connectivity index is 1.36. The molecule has 6 rings (SSSR count). The Morgan fingerprint density at radius 3 is 2.05 bits per heavy atom. The molecule has 1 aliphatic heterocycles. The number of hydrogen-bond donors (Lipinski definition) is 1. The molecule has 4 bridgehead atoms. The van der Waals surface area contributed by atoms with E-state index in [0.29, 0.717) is 37.5 Å². The Morgan fingerprint density at radius 2 is 1.50 bits per heavy atom. The summed E-state index contributed by atoms with van der Waals surface area (Å²) in [6.07, 6.45) is 8.76. The quantitative estimate of drug-likeness (QED) is 0.754. The van der Waals surface area contributed by atoms with Gasteiger partial charge in [0.1, 0.15) is 0 Å². The van der Waals surface area contributed by atoms with Gasteiger partial charge in [-0.25, -0.2) is 0 Å². The molecule has 0 amide bonds. The van der Waals surface area contributed by atoms with Crippen molar-refractivity contribution in [2.75, 3.05) is 0 Å². The molecular weight excluding hydrogens is 284 g/mol. The Labute approximate surface area is 130 Å². The van der Waals surface area contributed by atoms with Gasteiger partial charge in [-0.15, -0.1) is 0 Å². The van der Waals surface area contributed by atoms with Crippen molar-refractivity contribution in [3.8, 4) is 0 Å². The smallest absolute Gasteiger partial charge is 0.306 e. The van der Waals surface area contributed by atoms with Gasteiger partial charge in [0.05, 0.1) is 5.92 Å². The maximum atomic E-state index is 11.1. The number of carboxylic acid groups (broad SMARTS) is 1. The SMILES string of the molecule is O=C(O)C1CCC2(CC1)OOC1(O2)C2CC3CC(C2)CC1C3. The number of aliphatic carboxylic acids is 1. The topological polar surface area (TPSA) is 65.0 Å². The molecule has 122 valence electrons. The predicted octanol–water partition coefficient (Wildman–Crippen LogP) is 3.09. The first kappa shape index (κ1) is 13.8. The van der Waals surface area contributed by atoms with Crippen LogP contribution in [0.3, 0.4) is 0 Å². The van der Waals surface area contributed by atoms with Crippen molar-refractivity contribution in [3.05, 3.63) is 0 Å². The maximum Gasteiger partial charge on any atom is 0.306 e. The van der Waals surface area contributed by atoms with Gasteiger partial charge < -0.3 is 9.84 Å². The van der Waals surface area contributed by atoms with E-state index in [1.54, 1.807) is 0 Å². The van der Waals surface area contributed by atoms with Crippen LogP contribution in [0, 0.1) is 29.6 Å². The minimum absolute atomic E-state index is 0.257. The van der Waals surface area contributed by atoms with Crippen molar-refractivity contribution in [2.24, 2.45) is 29.6 Å². The van der Waals surface area contributed by atoms with E-state index >= 15 is 0 Å². The van der Waals surface area contributed by atoms with Crippen LogP contribution >= 0.6 is 0 Å². The van der Waals surface area contributed by atoms with Crippen molar-refractivity contribution in [1.82, 2.24) is 0 Å². The van der Waals surface area contributed by atoms with Crippen LogP contribution in [0.2, 0.25) is 0 Å². The lowest BCUT2D eigenvalue weighted by molar-refractivity contribution is -0.390. The van der Waals surface area contributed by atoms with Crippen LogP contribution in [0.4, 0.5) is 0 Å². The molecule has 5 heteroatoms. The van der Waals surface area contributed by atoms with Gasteiger partial charge >= 0.3 is 5.97 Å². The van der Waals surface area contributed by atoms with E-state index in [1.165, 1.54) is 32.1 Å². The highest BCUT2D eigenvalue weighted by Gasteiger charge is 2.66. The molecule has 2 spiro atoms. The Hall–Kier alpha value is -0.650. The van der Waals surface area contributed by atoms with E-state index in [1.807, 2.05) is 0 Å². The molecule has 0 radical (unpaired) electrons. The third kappa shape index (κ3) is 1.79. The van der Waals surface area contributed by atoms with Gasteiger partial charge in [-0.3, -0.25) is 4.79 Å². The molecule has 22 heavy (non-hydrogen) atoms. The van der Waals surface area contributed by atoms with Crippen molar-refractivity contribution in [3.63, 3.8) is 0 Å². The molecule has 6 aliphatic rings. The van der Waals surface area contributed by atoms with E-state index in [9.17, 15) is 4.79 Å². The first-order chi connectivity index (χ1) is 10.6. The average molecular weight is 308 g/mol. The molecule has 0 aromatic carbocycles. The highest BCUT2D eigenvalue weighted by molar-refractivity contribution is 5.70. The van der Waals surface area contributed by atoms with E-state index in [4.69, 9.17) is 19.6 Å². The molecule has 6 fully saturated rings. The molecule has 0 unspecified atom stereocenters. The molecule has 0 atom stereocenters. The predicted molar refractivity (Wildman–Crippen MR) is 75.4 cm³/mol. The van der Waals surface area contributed by atoms with Crippen LogP contribution in [0.15, 0.2) is 0 Å². The van der Waals surface area contributed by atoms with Crippen LogP contribution in [-0.4, -0.2) is 22.7 Å². The zero-order chi connectivity index (χ0) is 14.9. The summed E-state index contributed by atoms with van der Waals surface area (Å²) in [5, 5.41) is 9.16. The second-order valence-electron chi connectivity index (χ2n) is 8.32. The fraction of sp³-hybridized carbons (Fsp3) is 0.941. The van der Waals surface area contributed by atoms with Crippen LogP contribution in [0.1, 0.15) is 57.8 Å². The molecule has 5 aliphatic carbocycles. The van der Waals surface area contributed by atoms with Gasteiger partial charge in [-0.05, 0) is 56.8 Å². The summed E-state index contributed by atoms with van der Waals surface area (Å²) in [5.74, 6) is 0.510. The van der Waals surface area contributed by atoms with Crippen LogP contribution in [0.5, 0.6) is 0 Å². The highest BCUT2D eigenvalue weighted by Crippen LogP contribution is 2.63. The van der Waals surface area contributed by atoms with Crippen LogP contribution in [0.25, 0.3) is 0 Å². The fourth-order valence-electron chi connectivity index (χ4n) is 6.10. The maximum absolute atomic E-state index is 11.1. The summed E-state index contributed by atoms with van der Waals surface area (Å²) in [6, 6.07) is 0. The van der Waals surface area contributed by atoms with E-state index in [0.717, 1.165) is 11.8 Å². The normalized spacial score (nSPS) is 56.1. The Bertz CT molecular complexity index is 465. The first-order valence-electron chi connectivity index (χ1n) is 8.88. The lowest BCUT2D eigenvalue weighted by atomic mass is 9.53. The van der Waals surface area contributed by atoms with E-state index in [2.05, 4.69) is 0 Å². The minimum atomic E-state index is -0.696. The second kappa shape index (κ2) is 4.46. The van der Waals surface area contributed by atoms with E-state index < -0.39 is 17.5 Å². The number of carboxylic acids is 1. The summed E-state index contributed by atoms with van der Waals surface area (Å²) in [7, 11) is 0. The van der Waals surface area contributed by atoms with Gasteiger partial charge in [0.25, 0.3) is 0 Å². The summed E-state index contributed by atoms with van der Waals surface area (Å²) in [6.45, 7) is 0. The lowest BCUT2D eigenvalue weighted by Crippen LogP contribution is -2.59. The van der Waals surface area contributed by atoms with Gasteiger partial charge in [0.2, 0.25) is 11.6 Å². The number of ether oxygens (including phenoxy) is 1. The monoisotopic (exact) mass is 308 g/mol. The number of rotatable bonds is 1. The molecule has 0 aromatic rings.